The van der Waals surface area contributed by atoms with E-state index in [9.17, 15) is 4.79 Å². The van der Waals surface area contributed by atoms with Gasteiger partial charge in [0.15, 0.2) is 0 Å². The van der Waals surface area contributed by atoms with Gasteiger partial charge in [0.2, 0.25) is 5.91 Å². The fourth-order valence-electron chi connectivity index (χ4n) is 2.83. The molecule has 2 saturated carbocycles. The number of amides is 1. The number of carbonyl (C=O) groups is 1. The van der Waals surface area contributed by atoms with Crippen LogP contribution in [0.1, 0.15) is 44.9 Å². The zero-order chi connectivity index (χ0) is 11.0. The van der Waals surface area contributed by atoms with E-state index in [4.69, 9.17) is 0 Å². The van der Waals surface area contributed by atoms with Crippen LogP contribution in [0.4, 0.5) is 0 Å². The molecule has 1 N–H and O–H groups in total. The molecule has 3 nitrogen and oxygen atoms in total. The van der Waals surface area contributed by atoms with Gasteiger partial charge in [0, 0.05) is 18.0 Å². The Morgan fingerprint density at radius 2 is 1.69 bits per heavy atom. The number of hydrogen-bond acceptors (Lipinski definition) is 2. The predicted molar refractivity (Wildman–Crippen MR) is 63.1 cm³/mol. The van der Waals surface area contributed by atoms with Gasteiger partial charge in [-0.15, -0.1) is 0 Å². The average Bonchev–Trinajstić information content (AvgIpc) is 3.00. The van der Waals surface area contributed by atoms with Crippen molar-refractivity contribution in [3.05, 3.63) is 0 Å². The molecule has 0 aromatic rings. The zero-order valence-corrected chi connectivity index (χ0v) is 9.95. The van der Waals surface area contributed by atoms with Crippen LogP contribution in [-0.2, 0) is 4.79 Å². The number of nitrogens with one attached hydrogen (secondary N) is 1. The molecule has 0 atom stereocenters. The van der Waals surface area contributed by atoms with E-state index >= 15 is 0 Å². The molecular formula is C13H22N2O. The first-order valence-corrected chi connectivity index (χ1v) is 6.87. The molecule has 1 heterocycles. The summed E-state index contributed by atoms with van der Waals surface area (Å²) in [6, 6.07) is 1.38. The van der Waals surface area contributed by atoms with Crippen LogP contribution in [-0.4, -0.2) is 36.0 Å². The number of piperidine rings is 1. The summed E-state index contributed by atoms with van der Waals surface area (Å²) in [5, 5.41) is 3.14. The Morgan fingerprint density at radius 1 is 1.00 bits per heavy atom. The maximum Gasteiger partial charge on any atom is 0.223 e. The highest BCUT2D eigenvalue weighted by Gasteiger charge is 2.33. The lowest BCUT2D eigenvalue weighted by atomic mass is 9.87. The van der Waals surface area contributed by atoms with Crippen LogP contribution >= 0.6 is 0 Å². The molecule has 3 fully saturated rings. The van der Waals surface area contributed by atoms with Crippen molar-refractivity contribution in [2.45, 2.75) is 57.0 Å². The third-order valence-corrected chi connectivity index (χ3v) is 4.42. The molecule has 1 amide bonds. The number of hydrogen-bond donors (Lipinski definition) is 1. The molecule has 3 rings (SSSR count). The Morgan fingerprint density at radius 3 is 2.19 bits per heavy atom. The monoisotopic (exact) mass is 222 g/mol. The van der Waals surface area contributed by atoms with Crippen LogP contribution in [0.3, 0.4) is 0 Å². The van der Waals surface area contributed by atoms with Crippen molar-refractivity contribution in [3.63, 3.8) is 0 Å². The SMILES string of the molecule is O=C(NC1CC1)C1CCN(C2CCC2)CC1. The number of rotatable bonds is 3. The summed E-state index contributed by atoms with van der Waals surface area (Å²) in [6.45, 7) is 2.29. The van der Waals surface area contributed by atoms with E-state index in [1.54, 1.807) is 0 Å². The van der Waals surface area contributed by atoms with Gasteiger partial charge in [-0.3, -0.25) is 4.79 Å². The summed E-state index contributed by atoms with van der Waals surface area (Å²) in [5.41, 5.74) is 0. The molecule has 3 heteroatoms. The van der Waals surface area contributed by atoms with Crippen LogP contribution in [0.25, 0.3) is 0 Å². The molecule has 0 unspecified atom stereocenters. The van der Waals surface area contributed by atoms with Gasteiger partial charge in [-0.25, -0.2) is 0 Å². The maximum absolute atomic E-state index is 11.9. The second-order valence-electron chi connectivity index (χ2n) is 5.68. The Hall–Kier alpha value is -0.570. The van der Waals surface area contributed by atoms with Gasteiger partial charge in [0.25, 0.3) is 0 Å². The molecule has 0 radical (unpaired) electrons. The largest absolute Gasteiger partial charge is 0.353 e. The van der Waals surface area contributed by atoms with E-state index < -0.39 is 0 Å². The highest BCUT2D eigenvalue weighted by molar-refractivity contribution is 5.79. The van der Waals surface area contributed by atoms with Crippen LogP contribution in [0, 0.1) is 5.92 Å². The van der Waals surface area contributed by atoms with Gasteiger partial charge in [0.05, 0.1) is 0 Å². The zero-order valence-electron chi connectivity index (χ0n) is 9.95. The third-order valence-electron chi connectivity index (χ3n) is 4.42. The molecule has 0 spiro atoms. The Kier molecular flexibility index (Phi) is 2.88. The highest BCUT2D eigenvalue weighted by Crippen LogP contribution is 2.29. The first-order chi connectivity index (χ1) is 7.83. The van der Waals surface area contributed by atoms with E-state index in [2.05, 4.69) is 10.2 Å². The summed E-state index contributed by atoms with van der Waals surface area (Å²) < 4.78 is 0. The quantitative estimate of drug-likeness (QED) is 0.785. The van der Waals surface area contributed by atoms with Crippen molar-refractivity contribution in [2.24, 2.45) is 5.92 Å². The van der Waals surface area contributed by atoms with Crippen LogP contribution in [0.15, 0.2) is 0 Å². The van der Waals surface area contributed by atoms with Crippen molar-refractivity contribution < 1.29 is 4.79 Å². The van der Waals surface area contributed by atoms with E-state index in [0.29, 0.717) is 17.9 Å². The van der Waals surface area contributed by atoms with E-state index in [1.807, 2.05) is 0 Å². The van der Waals surface area contributed by atoms with E-state index in [-0.39, 0.29) is 0 Å². The summed E-state index contributed by atoms with van der Waals surface area (Å²) in [5.74, 6) is 0.632. The Labute approximate surface area is 97.6 Å². The lowest BCUT2D eigenvalue weighted by Gasteiger charge is -2.41. The summed E-state index contributed by atoms with van der Waals surface area (Å²) >= 11 is 0. The summed E-state index contributed by atoms with van der Waals surface area (Å²) in [7, 11) is 0. The molecule has 0 bridgehead atoms. The standard InChI is InChI=1S/C13H22N2O/c16-13(14-11-4-5-11)10-6-8-15(9-7-10)12-2-1-3-12/h10-12H,1-9H2,(H,14,16). The minimum atomic E-state index is 0.303. The van der Waals surface area contributed by atoms with Crippen molar-refractivity contribution in [1.82, 2.24) is 10.2 Å². The van der Waals surface area contributed by atoms with Gasteiger partial charge in [-0.2, -0.15) is 0 Å². The highest BCUT2D eigenvalue weighted by atomic mass is 16.2. The third kappa shape index (κ3) is 2.24. The lowest BCUT2D eigenvalue weighted by Crippen LogP contribution is -2.47. The first-order valence-electron chi connectivity index (χ1n) is 6.87. The molecule has 1 saturated heterocycles. The number of carbonyl (C=O) groups excluding carboxylic acids is 1. The van der Waals surface area contributed by atoms with Crippen molar-refractivity contribution in [3.8, 4) is 0 Å². The van der Waals surface area contributed by atoms with Crippen molar-refractivity contribution in [1.29, 1.82) is 0 Å². The minimum absolute atomic E-state index is 0.303. The smallest absolute Gasteiger partial charge is 0.223 e. The normalized spacial score (nSPS) is 28.8. The van der Waals surface area contributed by atoms with Crippen LogP contribution in [0.2, 0.25) is 0 Å². The topological polar surface area (TPSA) is 32.3 Å². The van der Waals surface area contributed by atoms with Gasteiger partial charge < -0.3 is 10.2 Å². The average molecular weight is 222 g/mol. The molecule has 1 aliphatic heterocycles. The fourth-order valence-corrected chi connectivity index (χ4v) is 2.83. The Balaban J connectivity index is 1.43. The molecule has 0 aromatic carbocycles. The predicted octanol–water partition coefficient (Wildman–Crippen LogP) is 1.53. The van der Waals surface area contributed by atoms with E-state index in [1.165, 1.54) is 32.1 Å². The molecule has 16 heavy (non-hydrogen) atoms. The summed E-state index contributed by atoms with van der Waals surface area (Å²) in [6.07, 6.45) is 8.74. The lowest BCUT2D eigenvalue weighted by molar-refractivity contribution is -0.126. The molecular weight excluding hydrogens is 200 g/mol. The fraction of sp³-hybridized carbons (Fsp3) is 0.923. The molecule has 2 aliphatic carbocycles. The second-order valence-corrected chi connectivity index (χ2v) is 5.68. The van der Waals surface area contributed by atoms with Crippen LogP contribution in [0.5, 0.6) is 0 Å². The van der Waals surface area contributed by atoms with E-state index in [0.717, 1.165) is 32.0 Å². The molecule has 0 aromatic heterocycles. The van der Waals surface area contributed by atoms with Crippen molar-refractivity contribution in [2.75, 3.05) is 13.1 Å². The molecule has 90 valence electrons. The minimum Gasteiger partial charge on any atom is -0.353 e. The van der Waals surface area contributed by atoms with Gasteiger partial charge in [-0.05, 0) is 51.6 Å². The van der Waals surface area contributed by atoms with Gasteiger partial charge >= 0.3 is 0 Å². The Bertz CT molecular complexity index is 263. The second kappa shape index (κ2) is 4.36. The summed E-state index contributed by atoms with van der Waals surface area (Å²) in [4.78, 5) is 14.5. The van der Waals surface area contributed by atoms with Gasteiger partial charge in [0.1, 0.15) is 0 Å². The van der Waals surface area contributed by atoms with Crippen molar-refractivity contribution >= 4 is 5.91 Å². The number of likely N-dealkylation sites (tertiary alicyclic amines) is 1. The first kappa shape index (κ1) is 10.6. The van der Waals surface area contributed by atoms with Crippen LogP contribution < -0.4 is 5.32 Å². The van der Waals surface area contributed by atoms with Gasteiger partial charge in [-0.1, -0.05) is 6.42 Å². The number of nitrogens with zero attached hydrogens (tertiary/aromatic N) is 1. The maximum atomic E-state index is 11.9. The molecule has 3 aliphatic rings.